The number of ether oxygens (including phenoxy) is 1. The van der Waals surface area contributed by atoms with Gasteiger partial charge in [-0.2, -0.15) is 13.2 Å². The highest BCUT2D eigenvalue weighted by atomic mass is 32.2. The number of nitrogens with one attached hydrogen (secondary N) is 2. The molecule has 2 aromatic carbocycles. The van der Waals surface area contributed by atoms with E-state index in [1.807, 2.05) is 24.3 Å². The lowest BCUT2D eigenvalue weighted by atomic mass is 10.1. The van der Waals surface area contributed by atoms with Crippen LogP contribution in [0.25, 0.3) is 0 Å². The monoisotopic (exact) mass is 424 g/mol. The van der Waals surface area contributed by atoms with E-state index in [1.165, 1.54) is 6.07 Å². The van der Waals surface area contributed by atoms with Crippen LogP contribution >= 0.6 is 11.8 Å². The number of halogens is 3. The number of methoxy groups -OCH3 is 1. The minimum absolute atomic E-state index is 0.0666. The first-order chi connectivity index (χ1) is 13.8. The number of fused-ring (bicyclic) bond motifs is 1. The Hall–Kier alpha value is -2.68. The second kappa shape index (κ2) is 8.77. The summed E-state index contributed by atoms with van der Waals surface area (Å²) in [4.78, 5) is 24.9. The van der Waals surface area contributed by atoms with E-state index in [9.17, 15) is 22.8 Å². The van der Waals surface area contributed by atoms with Crippen LogP contribution < -0.4 is 15.4 Å². The molecule has 29 heavy (non-hydrogen) atoms. The predicted octanol–water partition coefficient (Wildman–Crippen LogP) is 3.88. The Balaban J connectivity index is 1.55. The Morgan fingerprint density at radius 1 is 1.24 bits per heavy atom. The zero-order chi connectivity index (χ0) is 21.0. The van der Waals surface area contributed by atoms with Gasteiger partial charge in [0.15, 0.2) is 0 Å². The number of rotatable bonds is 6. The summed E-state index contributed by atoms with van der Waals surface area (Å²) in [6, 6.07) is 10.7. The molecule has 0 unspecified atom stereocenters. The van der Waals surface area contributed by atoms with Crippen molar-refractivity contribution in [1.29, 1.82) is 0 Å². The molecule has 154 valence electrons. The van der Waals surface area contributed by atoms with Crippen molar-refractivity contribution < 1.29 is 27.5 Å². The highest BCUT2D eigenvalue weighted by molar-refractivity contribution is 8.01. The molecule has 0 radical (unpaired) electrons. The molecule has 2 aromatic rings. The zero-order valence-corrected chi connectivity index (χ0v) is 16.3. The van der Waals surface area contributed by atoms with Gasteiger partial charge in [-0.05, 0) is 36.2 Å². The Morgan fingerprint density at radius 2 is 2.00 bits per heavy atom. The van der Waals surface area contributed by atoms with Gasteiger partial charge in [-0.1, -0.05) is 18.2 Å². The molecule has 0 aliphatic carbocycles. The fourth-order valence-corrected chi connectivity index (χ4v) is 4.04. The maximum Gasteiger partial charge on any atom is 0.416 e. The fourth-order valence-electron chi connectivity index (χ4n) is 2.95. The lowest BCUT2D eigenvalue weighted by Gasteiger charge is -2.24. The van der Waals surface area contributed by atoms with Crippen LogP contribution in [0.2, 0.25) is 0 Å². The van der Waals surface area contributed by atoms with Gasteiger partial charge in [0, 0.05) is 17.9 Å². The third kappa shape index (κ3) is 5.23. The molecule has 2 N–H and O–H groups in total. The van der Waals surface area contributed by atoms with Crippen LogP contribution in [0.4, 0.5) is 18.9 Å². The Morgan fingerprint density at radius 3 is 2.72 bits per heavy atom. The summed E-state index contributed by atoms with van der Waals surface area (Å²) in [5, 5.41) is 4.53. The van der Waals surface area contributed by atoms with Gasteiger partial charge in [-0.3, -0.25) is 9.59 Å². The van der Waals surface area contributed by atoms with Gasteiger partial charge in [0.2, 0.25) is 11.8 Å². The van der Waals surface area contributed by atoms with E-state index in [2.05, 4.69) is 10.6 Å². The van der Waals surface area contributed by atoms with E-state index in [4.69, 9.17) is 4.74 Å². The Kier molecular flexibility index (Phi) is 6.36. The summed E-state index contributed by atoms with van der Waals surface area (Å²) in [6.07, 6.45) is -3.98. The molecule has 9 heteroatoms. The number of thioether (sulfide) groups is 1. The van der Waals surface area contributed by atoms with Crippen molar-refractivity contribution in [1.82, 2.24) is 5.32 Å². The number of hydrogen-bond acceptors (Lipinski definition) is 4. The molecular formula is C20H19F3N2O3S. The van der Waals surface area contributed by atoms with E-state index >= 15 is 0 Å². The SMILES string of the molecule is COc1ccccc1CCNC(=O)C[C@@H]1Sc2ccc(C(F)(F)F)cc2NC1=O. The maximum atomic E-state index is 12.8. The fraction of sp³-hybridized carbons (Fsp3) is 0.300. The topological polar surface area (TPSA) is 67.4 Å². The van der Waals surface area contributed by atoms with Crippen LogP contribution in [0.15, 0.2) is 47.4 Å². The second-order valence-corrected chi connectivity index (χ2v) is 7.66. The molecule has 5 nitrogen and oxygen atoms in total. The normalized spacial score (nSPS) is 16.0. The zero-order valence-electron chi connectivity index (χ0n) is 15.5. The van der Waals surface area contributed by atoms with Crippen LogP contribution in [0.3, 0.4) is 0 Å². The van der Waals surface area contributed by atoms with Gasteiger partial charge in [0.05, 0.1) is 23.6 Å². The molecule has 0 aromatic heterocycles. The molecule has 3 rings (SSSR count). The summed E-state index contributed by atoms with van der Waals surface area (Å²) < 4.78 is 43.7. The highest BCUT2D eigenvalue weighted by Crippen LogP contribution is 2.40. The molecular weight excluding hydrogens is 405 g/mol. The van der Waals surface area contributed by atoms with Crippen molar-refractivity contribution in [3.8, 4) is 5.75 Å². The van der Waals surface area contributed by atoms with E-state index in [0.29, 0.717) is 17.9 Å². The lowest BCUT2D eigenvalue weighted by molar-refractivity contribution is -0.137. The van der Waals surface area contributed by atoms with Gasteiger partial charge in [-0.25, -0.2) is 0 Å². The number of benzene rings is 2. The van der Waals surface area contributed by atoms with Crippen molar-refractivity contribution in [2.24, 2.45) is 0 Å². The van der Waals surface area contributed by atoms with Gasteiger partial charge in [0.25, 0.3) is 0 Å². The van der Waals surface area contributed by atoms with Crippen molar-refractivity contribution in [2.45, 2.75) is 29.2 Å². The van der Waals surface area contributed by atoms with Crippen LogP contribution in [-0.4, -0.2) is 30.7 Å². The number of anilines is 1. The molecule has 1 aliphatic heterocycles. The maximum absolute atomic E-state index is 12.8. The average Bonchev–Trinajstić information content (AvgIpc) is 2.68. The summed E-state index contributed by atoms with van der Waals surface area (Å²) in [7, 11) is 1.58. The first-order valence-electron chi connectivity index (χ1n) is 8.85. The third-order valence-electron chi connectivity index (χ3n) is 4.41. The van der Waals surface area contributed by atoms with Gasteiger partial charge in [-0.15, -0.1) is 11.8 Å². The number of para-hydroxylation sites is 1. The first kappa shape index (κ1) is 21.0. The molecule has 0 spiro atoms. The van der Waals surface area contributed by atoms with Crippen LogP contribution in [0.1, 0.15) is 17.5 Å². The summed E-state index contributed by atoms with van der Waals surface area (Å²) in [6.45, 7) is 0.379. The van der Waals surface area contributed by atoms with E-state index in [-0.39, 0.29) is 18.0 Å². The van der Waals surface area contributed by atoms with Crippen molar-refractivity contribution in [2.75, 3.05) is 19.0 Å². The smallest absolute Gasteiger partial charge is 0.416 e. The van der Waals surface area contributed by atoms with Crippen LogP contribution in [0, 0.1) is 0 Å². The van der Waals surface area contributed by atoms with E-state index in [1.54, 1.807) is 7.11 Å². The minimum atomic E-state index is -4.48. The average molecular weight is 424 g/mol. The van der Waals surface area contributed by atoms with Crippen LogP contribution in [-0.2, 0) is 22.2 Å². The predicted molar refractivity (Wildman–Crippen MR) is 104 cm³/mol. The molecule has 1 aliphatic rings. The number of amides is 2. The number of carbonyl (C=O) groups excluding carboxylic acids is 2. The lowest BCUT2D eigenvalue weighted by Crippen LogP contribution is -2.35. The van der Waals surface area contributed by atoms with Crippen LogP contribution in [0.5, 0.6) is 5.75 Å². The summed E-state index contributed by atoms with van der Waals surface area (Å²) >= 11 is 1.09. The van der Waals surface area contributed by atoms with Crippen molar-refractivity contribution in [3.63, 3.8) is 0 Å². The number of hydrogen-bond donors (Lipinski definition) is 2. The third-order valence-corrected chi connectivity index (χ3v) is 5.68. The standard InChI is InChI=1S/C20H19F3N2O3S/c1-28-15-5-3-2-4-12(15)8-9-24-18(26)11-17-19(27)25-14-10-13(20(21,22)23)6-7-16(14)29-17/h2-7,10,17H,8-9,11H2,1H3,(H,24,26)(H,25,27)/t17-/m0/s1. The highest BCUT2D eigenvalue weighted by Gasteiger charge is 2.34. The van der Waals surface area contributed by atoms with E-state index in [0.717, 1.165) is 35.2 Å². The molecule has 0 saturated heterocycles. The molecule has 1 heterocycles. The number of alkyl halides is 3. The Bertz CT molecular complexity index is 918. The molecule has 0 saturated carbocycles. The van der Waals surface area contributed by atoms with Gasteiger partial charge in [0.1, 0.15) is 5.75 Å². The summed E-state index contributed by atoms with van der Waals surface area (Å²) in [5.41, 5.74) is 0.238. The molecule has 1 atom stereocenters. The van der Waals surface area contributed by atoms with Gasteiger partial charge >= 0.3 is 6.18 Å². The summed E-state index contributed by atoms with van der Waals surface area (Å²) in [5.74, 6) is -0.0524. The van der Waals surface area contributed by atoms with Crippen molar-refractivity contribution >= 4 is 29.3 Å². The van der Waals surface area contributed by atoms with Crippen molar-refractivity contribution in [3.05, 3.63) is 53.6 Å². The second-order valence-electron chi connectivity index (χ2n) is 6.42. The molecule has 0 bridgehead atoms. The molecule has 0 fully saturated rings. The Labute approximate surface area is 170 Å². The largest absolute Gasteiger partial charge is 0.496 e. The van der Waals surface area contributed by atoms with Gasteiger partial charge < -0.3 is 15.4 Å². The molecule has 2 amide bonds. The number of carbonyl (C=O) groups is 2. The quantitative estimate of drug-likeness (QED) is 0.739. The van der Waals surface area contributed by atoms with E-state index < -0.39 is 22.9 Å². The minimum Gasteiger partial charge on any atom is -0.496 e. The first-order valence-corrected chi connectivity index (χ1v) is 9.73.